The first-order valence-corrected chi connectivity index (χ1v) is 9.76. The number of hydrogen-bond acceptors (Lipinski definition) is 4. The Morgan fingerprint density at radius 3 is 2.27 bits per heavy atom. The van der Waals surface area contributed by atoms with Crippen molar-refractivity contribution in [3.63, 3.8) is 0 Å². The van der Waals surface area contributed by atoms with Gasteiger partial charge < -0.3 is 4.74 Å². The van der Waals surface area contributed by atoms with Crippen LogP contribution in [0.1, 0.15) is 75.2 Å². The molecule has 1 atom stereocenters. The van der Waals surface area contributed by atoms with Gasteiger partial charge in [-0.25, -0.2) is 14.8 Å². The average Bonchev–Trinajstić information content (AvgIpc) is 2.67. The van der Waals surface area contributed by atoms with Crippen LogP contribution in [-0.4, -0.2) is 22.0 Å². The lowest BCUT2D eigenvalue weighted by Crippen LogP contribution is -2.15. The summed E-state index contributed by atoms with van der Waals surface area (Å²) in [5.74, 6) is 0.270. The first-order valence-electron chi connectivity index (χ1n) is 9.76. The molecular formula is C22H30N2O2. The Morgan fingerprint density at radius 1 is 1.00 bits per heavy atom. The Labute approximate surface area is 157 Å². The summed E-state index contributed by atoms with van der Waals surface area (Å²) in [5.41, 5.74) is 2.69. The minimum Gasteiger partial charge on any atom is -0.459 e. The molecule has 0 aliphatic carbocycles. The van der Waals surface area contributed by atoms with Crippen LogP contribution in [0.5, 0.6) is 0 Å². The predicted octanol–water partition coefficient (Wildman–Crippen LogP) is 5.61. The van der Waals surface area contributed by atoms with Crippen LogP contribution in [0.25, 0.3) is 11.4 Å². The standard InChI is InChI=1S/C22H30N2O2/c1-4-6-8-10-18-11-13-19(14-12-18)21-23-15-20(16-24-21)22(25)26-17(3)9-7-5-2/h11-17H,4-10H2,1-3H3/t17-/m1/s1. The van der Waals surface area contributed by atoms with Gasteiger partial charge in [0, 0.05) is 18.0 Å². The maximum atomic E-state index is 12.1. The van der Waals surface area contributed by atoms with Crippen LogP contribution < -0.4 is 0 Å². The highest BCUT2D eigenvalue weighted by Crippen LogP contribution is 2.17. The average molecular weight is 354 g/mol. The second-order valence-electron chi connectivity index (χ2n) is 6.81. The van der Waals surface area contributed by atoms with Crippen LogP contribution in [0.3, 0.4) is 0 Å². The highest BCUT2D eigenvalue weighted by Gasteiger charge is 2.13. The van der Waals surface area contributed by atoms with E-state index in [-0.39, 0.29) is 12.1 Å². The fourth-order valence-corrected chi connectivity index (χ4v) is 2.78. The van der Waals surface area contributed by atoms with Gasteiger partial charge in [-0.15, -0.1) is 0 Å². The third kappa shape index (κ3) is 6.25. The van der Waals surface area contributed by atoms with E-state index in [1.165, 1.54) is 24.8 Å². The number of benzene rings is 1. The van der Waals surface area contributed by atoms with Crippen molar-refractivity contribution in [2.24, 2.45) is 0 Å². The zero-order chi connectivity index (χ0) is 18.8. The SMILES string of the molecule is CCCCCc1ccc(-c2ncc(C(=O)O[C@H](C)CCCC)cn2)cc1. The molecule has 0 saturated carbocycles. The molecule has 4 nitrogen and oxygen atoms in total. The lowest BCUT2D eigenvalue weighted by atomic mass is 10.1. The summed E-state index contributed by atoms with van der Waals surface area (Å²) < 4.78 is 5.43. The normalized spacial score (nSPS) is 12.0. The van der Waals surface area contributed by atoms with Crippen molar-refractivity contribution < 1.29 is 9.53 Å². The van der Waals surface area contributed by atoms with E-state index in [0.29, 0.717) is 11.4 Å². The zero-order valence-corrected chi connectivity index (χ0v) is 16.2. The lowest BCUT2D eigenvalue weighted by molar-refractivity contribution is 0.0319. The van der Waals surface area contributed by atoms with Crippen LogP contribution >= 0.6 is 0 Å². The number of carbonyl (C=O) groups is 1. The van der Waals surface area contributed by atoms with E-state index in [2.05, 4.69) is 35.9 Å². The number of nitrogens with zero attached hydrogens (tertiary/aromatic N) is 2. The molecule has 140 valence electrons. The van der Waals surface area contributed by atoms with Crippen LogP contribution in [0, 0.1) is 0 Å². The summed E-state index contributed by atoms with van der Waals surface area (Å²) >= 11 is 0. The van der Waals surface area contributed by atoms with Crippen molar-refractivity contribution >= 4 is 5.97 Å². The quantitative estimate of drug-likeness (QED) is 0.411. The van der Waals surface area contributed by atoms with Gasteiger partial charge in [0.25, 0.3) is 0 Å². The first-order chi connectivity index (χ1) is 12.6. The molecule has 2 aromatic rings. The number of aromatic nitrogens is 2. The maximum absolute atomic E-state index is 12.1. The fraction of sp³-hybridized carbons (Fsp3) is 0.500. The van der Waals surface area contributed by atoms with E-state index in [0.717, 1.165) is 31.2 Å². The number of unbranched alkanes of at least 4 members (excludes halogenated alkanes) is 3. The third-order valence-electron chi connectivity index (χ3n) is 4.44. The third-order valence-corrected chi connectivity index (χ3v) is 4.44. The van der Waals surface area contributed by atoms with Crippen molar-refractivity contribution in [3.8, 4) is 11.4 Å². The van der Waals surface area contributed by atoms with Crippen LogP contribution in [0.15, 0.2) is 36.7 Å². The first kappa shape index (κ1) is 20.1. The molecule has 0 amide bonds. The van der Waals surface area contributed by atoms with Gasteiger partial charge in [-0.1, -0.05) is 63.8 Å². The monoisotopic (exact) mass is 354 g/mol. The molecule has 0 N–H and O–H groups in total. The second kappa shape index (κ2) is 10.7. The summed E-state index contributed by atoms with van der Waals surface area (Å²) in [5, 5.41) is 0. The molecule has 0 saturated heterocycles. The van der Waals surface area contributed by atoms with E-state index >= 15 is 0 Å². The van der Waals surface area contributed by atoms with Gasteiger partial charge >= 0.3 is 5.97 Å². The summed E-state index contributed by atoms with van der Waals surface area (Å²) in [6.45, 7) is 6.26. The molecule has 0 bridgehead atoms. The Bertz CT molecular complexity index is 666. The molecule has 0 unspecified atom stereocenters. The molecule has 0 radical (unpaired) electrons. The zero-order valence-electron chi connectivity index (χ0n) is 16.2. The number of rotatable bonds is 10. The van der Waals surface area contributed by atoms with Gasteiger partial charge in [-0.2, -0.15) is 0 Å². The van der Waals surface area contributed by atoms with Gasteiger partial charge in [0.1, 0.15) is 0 Å². The Kier molecular flexibility index (Phi) is 8.26. The van der Waals surface area contributed by atoms with E-state index in [4.69, 9.17) is 4.74 Å². The molecule has 1 heterocycles. The van der Waals surface area contributed by atoms with Crippen molar-refractivity contribution in [3.05, 3.63) is 47.8 Å². The highest BCUT2D eigenvalue weighted by molar-refractivity contribution is 5.88. The summed E-state index contributed by atoms with van der Waals surface area (Å²) in [4.78, 5) is 20.8. The maximum Gasteiger partial charge on any atom is 0.341 e. The van der Waals surface area contributed by atoms with Gasteiger partial charge in [0.2, 0.25) is 0 Å². The molecule has 1 aromatic heterocycles. The van der Waals surface area contributed by atoms with Crippen LogP contribution in [0.2, 0.25) is 0 Å². The summed E-state index contributed by atoms with van der Waals surface area (Å²) in [6.07, 6.45) is 10.9. The molecule has 0 aliphatic heterocycles. The van der Waals surface area contributed by atoms with Gasteiger partial charge in [0.05, 0.1) is 11.7 Å². The minimum atomic E-state index is -0.355. The molecule has 4 heteroatoms. The Morgan fingerprint density at radius 2 is 1.65 bits per heavy atom. The van der Waals surface area contributed by atoms with E-state index in [9.17, 15) is 4.79 Å². The van der Waals surface area contributed by atoms with Crippen molar-refractivity contribution in [1.82, 2.24) is 9.97 Å². The predicted molar refractivity (Wildman–Crippen MR) is 105 cm³/mol. The summed E-state index contributed by atoms with van der Waals surface area (Å²) in [6, 6.07) is 8.35. The van der Waals surface area contributed by atoms with Crippen molar-refractivity contribution in [2.45, 2.75) is 71.8 Å². The van der Waals surface area contributed by atoms with Crippen molar-refractivity contribution in [1.29, 1.82) is 0 Å². The molecular weight excluding hydrogens is 324 g/mol. The number of esters is 1. The number of carbonyl (C=O) groups excluding carboxylic acids is 1. The molecule has 2 rings (SSSR count). The molecule has 0 spiro atoms. The number of aryl methyl sites for hydroxylation is 1. The Balaban J connectivity index is 1.95. The topological polar surface area (TPSA) is 52.1 Å². The summed E-state index contributed by atoms with van der Waals surface area (Å²) in [7, 11) is 0. The van der Waals surface area contributed by atoms with E-state index < -0.39 is 0 Å². The van der Waals surface area contributed by atoms with Crippen LogP contribution in [0.4, 0.5) is 0 Å². The fourth-order valence-electron chi connectivity index (χ4n) is 2.78. The van der Waals surface area contributed by atoms with E-state index in [1.54, 1.807) is 12.4 Å². The Hall–Kier alpha value is -2.23. The van der Waals surface area contributed by atoms with E-state index in [1.807, 2.05) is 19.1 Å². The molecule has 1 aromatic carbocycles. The van der Waals surface area contributed by atoms with Crippen molar-refractivity contribution in [2.75, 3.05) is 0 Å². The minimum absolute atomic E-state index is 0.0811. The second-order valence-corrected chi connectivity index (χ2v) is 6.81. The molecule has 0 fully saturated rings. The molecule has 0 aliphatic rings. The smallest absolute Gasteiger partial charge is 0.341 e. The van der Waals surface area contributed by atoms with Gasteiger partial charge in [0.15, 0.2) is 5.82 Å². The number of hydrogen-bond donors (Lipinski definition) is 0. The largest absolute Gasteiger partial charge is 0.459 e. The van der Waals surface area contributed by atoms with Gasteiger partial charge in [-0.05, 0) is 31.7 Å². The highest BCUT2D eigenvalue weighted by atomic mass is 16.5. The van der Waals surface area contributed by atoms with Crippen LogP contribution in [-0.2, 0) is 11.2 Å². The number of ether oxygens (including phenoxy) is 1. The molecule has 26 heavy (non-hydrogen) atoms. The van der Waals surface area contributed by atoms with Gasteiger partial charge in [-0.3, -0.25) is 0 Å². The lowest BCUT2D eigenvalue weighted by Gasteiger charge is -2.12.